The number of aromatic nitrogens is 2. The van der Waals surface area contributed by atoms with Gasteiger partial charge in [-0.15, -0.1) is 0 Å². The predicted molar refractivity (Wildman–Crippen MR) is 66.2 cm³/mol. The van der Waals surface area contributed by atoms with Crippen molar-refractivity contribution in [1.29, 1.82) is 0 Å². The number of fused-ring (bicyclic) bond motifs is 1. The van der Waals surface area contributed by atoms with Crippen LogP contribution in [0.2, 0.25) is 0 Å². The largest absolute Gasteiger partial charge is 0.313 e. The molecular formula is C12H17N5O. The van der Waals surface area contributed by atoms with Crippen molar-refractivity contribution in [1.82, 2.24) is 20.4 Å². The molecule has 1 aromatic rings. The van der Waals surface area contributed by atoms with E-state index in [4.69, 9.17) is 0 Å². The van der Waals surface area contributed by atoms with Gasteiger partial charge in [-0.3, -0.25) is 4.79 Å². The second-order valence-corrected chi connectivity index (χ2v) is 5.50. The van der Waals surface area contributed by atoms with Gasteiger partial charge in [0.25, 0.3) is 0 Å². The summed E-state index contributed by atoms with van der Waals surface area (Å²) in [4.78, 5) is 12.2. The van der Waals surface area contributed by atoms with Gasteiger partial charge < -0.3 is 16.0 Å². The van der Waals surface area contributed by atoms with E-state index in [0.29, 0.717) is 18.0 Å². The first kappa shape index (κ1) is 10.5. The summed E-state index contributed by atoms with van der Waals surface area (Å²) in [6, 6.07) is 2.66. The molecular weight excluding hydrogens is 230 g/mol. The van der Waals surface area contributed by atoms with Gasteiger partial charge in [0.2, 0.25) is 5.91 Å². The predicted octanol–water partition coefficient (Wildman–Crippen LogP) is -0.426. The first-order chi connectivity index (χ1) is 8.83. The monoisotopic (exact) mass is 247 g/mol. The van der Waals surface area contributed by atoms with Crippen LogP contribution in [0.1, 0.15) is 12.5 Å². The molecule has 4 heterocycles. The molecule has 3 atom stereocenters. The summed E-state index contributed by atoms with van der Waals surface area (Å²) in [5.41, 5.74) is 0. The van der Waals surface area contributed by atoms with E-state index in [1.54, 1.807) is 6.20 Å². The van der Waals surface area contributed by atoms with Crippen molar-refractivity contribution in [3.63, 3.8) is 0 Å². The van der Waals surface area contributed by atoms with E-state index >= 15 is 0 Å². The smallest absolute Gasteiger partial charge is 0.230 e. The Bertz CT molecular complexity index is 467. The molecule has 1 amide bonds. The van der Waals surface area contributed by atoms with Crippen LogP contribution in [0.15, 0.2) is 12.3 Å². The molecule has 4 aliphatic rings. The number of nitrogens with zero attached hydrogens (tertiary/aromatic N) is 2. The molecule has 3 N–H and O–H groups in total. The van der Waals surface area contributed by atoms with Gasteiger partial charge in [0.15, 0.2) is 0 Å². The number of amides is 1. The van der Waals surface area contributed by atoms with Gasteiger partial charge in [-0.05, 0) is 18.9 Å². The topological polar surface area (TPSA) is 71.0 Å². The van der Waals surface area contributed by atoms with Gasteiger partial charge in [0, 0.05) is 25.2 Å². The summed E-state index contributed by atoms with van der Waals surface area (Å²) in [5.74, 6) is 1.68. The number of hydrogen-bond acceptors (Lipinski definition) is 4. The third-order valence-electron chi connectivity index (χ3n) is 4.47. The molecule has 3 saturated heterocycles. The molecule has 1 saturated carbocycles. The molecule has 0 unspecified atom stereocenters. The minimum absolute atomic E-state index is 0.148. The van der Waals surface area contributed by atoms with E-state index < -0.39 is 0 Å². The number of nitrogens with one attached hydrogen (secondary N) is 3. The maximum atomic E-state index is 12.2. The summed E-state index contributed by atoms with van der Waals surface area (Å²) in [7, 11) is 0. The van der Waals surface area contributed by atoms with Crippen molar-refractivity contribution < 1.29 is 4.79 Å². The summed E-state index contributed by atoms with van der Waals surface area (Å²) >= 11 is 0. The Labute approximate surface area is 105 Å². The highest BCUT2D eigenvalue weighted by Crippen LogP contribution is 2.40. The standard InChI is InChI=1S/C12H17N5O/c18-12(11-7-3-9(11)14-4-7)16-10-1-2-15-17(10)8-5-13-6-8/h1-2,7-9,11,13-14H,3-6H2,(H,16,18)/t7-,9-,11+/m1/s1. The second-order valence-electron chi connectivity index (χ2n) is 5.50. The Balaban J connectivity index is 1.48. The van der Waals surface area contributed by atoms with Gasteiger partial charge in [0.1, 0.15) is 5.82 Å². The Morgan fingerprint density at radius 3 is 2.94 bits per heavy atom. The number of carbonyl (C=O) groups excluding carboxylic acids is 1. The van der Waals surface area contributed by atoms with Crippen molar-refractivity contribution in [2.24, 2.45) is 11.8 Å². The molecule has 0 radical (unpaired) electrons. The maximum absolute atomic E-state index is 12.2. The van der Waals surface area contributed by atoms with Crippen LogP contribution < -0.4 is 16.0 Å². The normalized spacial score (nSPS) is 33.9. The minimum atomic E-state index is 0.148. The zero-order valence-electron chi connectivity index (χ0n) is 10.1. The van der Waals surface area contributed by atoms with Gasteiger partial charge in [-0.1, -0.05) is 0 Å². The molecule has 96 valence electrons. The van der Waals surface area contributed by atoms with Crippen molar-refractivity contribution in [3.05, 3.63) is 12.3 Å². The molecule has 1 aromatic heterocycles. The van der Waals surface area contributed by atoms with Crippen LogP contribution in [0.3, 0.4) is 0 Å². The Hall–Kier alpha value is -1.40. The van der Waals surface area contributed by atoms with Gasteiger partial charge >= 0.3 is 0 Å². The molecule has 4 fully saturated rings. The summed E-state index contributed by atoms with van der Waals surface area (Å²) in [6.45, 7) is 2.86. The Kier molecular flexibility index (Phi) is 2.22. The quantitative estimate of drug-likeness (QED) is 0.678. The Morgan fingerprint density at radius 2 is 2.33 bits per heavy atom. The molecule has 6 nitrogen and oxygen atoms in total. The first-order valence-electron chi connectivity index (χ1n) is 6.61. The fourth-order valence-corrected chi connectivity index (χ4v) is 3.23. The van der Waals surface area contributed by atoms with Crippen molar-refractivity contribution in [3.8, 4) is 0 Å². The third-order valence-corrected chi connectivity index (χ3v) is 4.47. The SMILES string of the molecule is O=C(Nc1ccnn1C1CNC1)[C@H]1[C@H]2CN[C@@H]1C2. The van der Waals surface area contributed by atoms with Crippen LogP contribution in [0.25, 0.3) is 0 Å². The first-order valence-corrected chi connectivity index (χ1v) is 6.61. The fourth-order valence-electron chi connectivity index (χ4n) is 3.23. The maximum Gasteiger partial charge on any atom is 0.230 e. The van der Waals surface area contributed by atoms with E-state index in [-0.39, 0.29) is 11.8 Å². The molecule has 5 rings (SSSR count). The molecule has 0 spiro atoms. The van der Waals surface area contributed by atoms with E-state index in [9.17, 15) is 4.79 Å². The minimum Gasteiger partial charge on any atom is -0.313 e. The van der Waals surface area contributed by atoms with Gasteiger partial charge in [0.05, 0.1) is 18.2 Å². The number of rotatable bonds is 3. The third kappa shape index (κ3) is 1.42. The van der Waals surface area contributed by atoms with Gasteiger partial charge in [-0.2, -0.15) is 5.10 Å². The van der Waals surface area contributed by atoms with Gasteiger partial charge in [-0.25, -0.2) is 4.68 Å². The lowest BCUT2D eigenvalue weighted by atomic mass is 9.73. The fraction of sp³-hybridized carbons (Fsp3) is 0.667. The van der Waals surface area contributed by atoms with Crippen molar-refractivity contribution in [2.45, 2.75) is 18.5 Å². The lowest BCUT2D eigenvalue weighted by Gasteiger charge is -2.33. The van der Waals surface area contributed by atoms with Crippen LogP contribution in [0.4, 0.5) is 5.82 Å². The summed E-state index contributed by atoms with van der Waals surface area (Å²) in [5, 5.41) is 13.9. The van der Waals surface area contributed by atoms with Crippen molar-refractivity contribution >= 4 is 11.7 Å². The van der Waals surface area contributed by atoms with Crippen LogP contribution in [-0.4, -0.2) is 41.4 Å². The zero-order valence-corrected chi connectivity index (χ0v) is 10.1. The molecule has 0 aromatic carbocycles. The average Bonchev–Trinajstić information content (AvgIpc) is 2.90. The van der Waals surface area contributed by atoms with E-state index in [2.05, 4.69) is 21.0 Å². The van der Waals surface area contributed by atoms with Crippen LogP contribution >= 0.6 is 0 Å². The van der Waals surface area contributed by atoms with Crippen LogP contribution in [0, 0.1) is 11.8 Å². The van der Waals surface area contributed by atoms with Crippen molar-refractivity contribution in [2.75, 3.05) is 25.0 Å². The van der Waals surface area contributed by atoms with E-state index in [1.165, 1.54) is 0 Å². The van der Waals surface area contributed by atoms with Crippen LogP contribution in [0.5, 0.6) is 0 Å². The average molecular weight is 247 g/mol. The number of anilines is 1. The van der Waals surface area contributed by atoms with E-state index in [0.717, 1.165) is 31.9 Å². The zero-order chi connectivity index (χ0) is 12.1. The number of carbonyl (C=O) groups is 1. The summed E-state index contributed by atoms with van der Waals surface area (Å²) in [6.07, 6.45) is 2.91. The van der Waals surface area contributed by atoms with Crippen LogP contribution in [-0.2, 0) is 4.79 Å². The lowest BCUT2D eigenvalue weighted by molar-refractivity contribution is -0.124. The molecule has 6 heteroatoms. The molecule has 2 bridgehead atoms. The molecule has 1 aliphatic carbocycles. The Morgan fingerprint density at radius 1 is 1.44 bits per heavy atom. The highest BCUT2D eigenvalue weighted by Gasteiger charge is 2.50. The van der Waals surface area contributed by atoms with E-state index in [1.807, 2.05) is 10.7 Å². The molecule has 18 heavy (non-hydrogen) atoms. The molecule has 3 aliphatic heterocycles. The summed E-state index contributed by atoms with van der Waals surface area (Å²) < 4.78 is 1.92. The lowest BCUT2D eigenvalue weighted by Crippen LogP contribution is -2.46. The highest BCUT2D eigenvalue weighted by molar-refractivity contribution is 5.93. The highest BCUT2D eigenvalue weighted by atomic mass is 16.2. The second kappa shape index (κ2) is 3.80. The number of hydrogen-bond donors (Lipinski definition) is 3.